The Kier molecular flexibility index (Phi) is 6.89. The van der Waals surface area contributed by atoms with Crippen molar-refractivity contribution in [2.24, 2.45) is 10.8 Å². The van der Waals surface area contributed by atoms with Gasteiger partial charge in [0.2, 0.25) is 11.4 Å². The third kappa shape index (κ3) is 3.06. The van der Waals surface area contributed by atoms with Crippen molar-refractivity contribution in [3.05, 3.63) is 10.4 Å². The van der Waals surface area contributed by atoms with E-state index in [4.69, 9.17) is 11.3 Å². The van der Waals surface area contributed by atoms with E-state index in [9.17, 15) is 44.4 Å². The predicted octanol–water partition coefficient (Wildman–Crippen LogP) is -2.94. The molecule has 0 aliphatic rings. The number of ketones is 5. The molecule has 0 aromatic heterocycles. The van der Waals surface area contributed by atoms with Crippen molar-refractivity contribution >= 4 is 28.9 Å². The molecule has 0 radical (unpaired) electrons. The summed E-state index contributed by atoms with van der Waals surface area (Å²) in [6.45, 7) is 0.464. The second-order valence-corrected chi connectivity index (χ2v) is 5.95. The molecule has 13 heteroatoms. The molecule has 0 saturated carbocycles. The highest BCUT2D eigenvalue weighted by molar-refractivity contribution is 6.41. The zero-order valence-electron chi connectivity index (χ0n) is 15.0. The second kappa shape index (κ2) is 7.60. The number of aliphatic hydroxyl groups excluding tert-OH is 1. The second-order valence-electron chi connectivity index (χ2n) is 5.95. The van der Waals surface area contributed by atoms with Gasteiger partial charge in [-0.2, -0.15) is 0 Å². The van der Waals surface area contributed by atoms with Gasteiger partial charge in [0, 0.05) is 11.8 Å². The predicted molar refractivity (Wildman–Crippen MR) is 85.7 cm³/mol. The van der Waals surface area contributed by atoms with Gasteiger partial charge in [-0.05, 0) is 26.3 Å². The maximum atomic E-state index is 12.3. The van der Waals surface area contributed by atoms with Crippen LogP contribution in [0.2, 0.25) is 0 Å². The van der Waals surface area contributed by atoms with Crippen LogP contribution in [-0.2, 0) is 24.0 Å². The first-order valence-corrected chi connectivity index (χ1v) is 7.27. The Labute approximate surface area is 152 Å². The average molecular weight is 388 g/mol. The van der Waals surface area contributed by atoms with Crippen LogP contribution in [0.25, 0.3) is 10.4 Å². The minimum atomic E-state index is -4.02. The van der Waals surface area contributed by atoms with Crippen LogP contribution in [0.3, 0.4) is 0 Å². The van der Waals surface area contributed by atoms with Gasteiger partial charge in [0.1, 0.15) is 0 Å². The van der Waals surface area contributed by atoms with Crippen molar-refractivity contribution < 1.29 is 44.4 Å². The average Bonchev–Trinajstić information content (AvgIpc) is 2.57. The first kappa shape index (κ1) is 24.5. The molecule has 0 aromatic rings. The summed E-state index contributed by atoms with van der Waals surface area (Å²) in [7, 11) is 0. The quantitative estimate of drug-likeness (QED) is 0.110. The zero-order valence-corrected chi connectivity index (χ0v) is 15.0. The number of hydrogen-bond acceptors (Lipinski definition) is 11. The van der Waals surface area contributed by atoms with Crippen molar-refractivity contribution in [1.82, 2.24) is 0 Å². The summed E-state index contributed by atoms with van der Waals surface area (Å²) in [5.41, 5.74) is -0.999. The van der Waals surface area contributed by atoms with Crippen LogP contribution in [0.15, 0.2) is 5.11 Å². The van der Waals surface area contributed by atoms with Crippen molar-refractivity contribution in [3.63, 3.8) is 0 Å². The lowest BCUT2D eigenvalue weighted by Gasteiger charge is -2.52. The van der Waals surface area contributed by atoms with Gasteiger partial charge in [0.15, 0.2) is 39.9 Å². The van der Waals surface area contributed by atoms with E-state index in [2.05, 4.69) is 10.0 Å². The van der Waals surface area contributed by atoms with Gasteiger partial charge in [0.25, 0.3) is 0 Å². The Bertz CT molecular complexity index is 762. The van der Waals surface area contributed by atoms with E-state index >= 15 is 0 Å². The number of aliphatic hydroxyl groups is 4. The lowest BCUT2D eigenvalue weighted by atomic mass is 9.60. The van der Waals surface area contributed by atoms with E-state index < -0.39 is 58.0 Å². The molecule has 0 amide bonds. The van der Waals surface area contributed by atoms with Crippen LogP contribution in [-0.4, -0.2) is 78.4 Å². The van der Waals surface area contributed by atoms with Crippen LogP contribution < -0.4 is 5.73 Å². The molecule has 0 aliphatic heterocycles. The van der Waals surface area contributed by atoms with Crippen molar-refractivity contribution in [1.29, 1.82) is 0 Å². The minimum absolute atomic E-state index is 0.480. The third-order valence-corrected chi connectivity index (χ3v) is 4.37. The van der Waals surface area contributed by atoms with Crippen molar-refractivity contribution in [2.45, 2.75) is 50.2 Å². The lowest BCUT2D eigenvalue weighted by molar-refractivity contribution is -0.246. The summed E-state index contributed by atoms with van der Waals surface area (Å²) in [6.07, 6.45) is 0. The highest BCUT2D eigenvalue weighted by atomic mass is 16.4. The largest absolute Gasteiger partial charge is 0.393 e. The lowest BCUT2D eigenvalue weighted by Crippen LogP contribution is -2.86. The monoisotopic (exact) mass is 388 g/mol. The summed E-state index contributed by atoms with van der Waals surface area (Å²) in [6, 6.07) is 0. The molecule has 0 unspecified atom stereocenters. The van der Waals surface area contributed by atoms with Crippen LogP contribution >= 0.6 is 0 Å². The molecular weight excluding hydrogens is 368 g/mol. The maximum Gasteiger partial charge on any atom is 0.227 e. The normalized spacial score (nSPS) is 19.9. The maximum absolute atomic E-state index is 12.3. The van der Waals surface area contributed by atoms with E-state index in [1.807, 2.05) is 0 Å². The highest BCUT2D eigenvalue weighted by Gasteiger charge is 2.77. The third-order valence-electron chi connectivity index (χ3n) is 4.37. The molecule has 0 rings (SSSR count). The molecule has 13 nitrogen and oxygen atoms in total. The molecular formula is C14H20N4O9. The summed E-state index contributed by atoms with van der Waals surface area (Å²) in [5, 5.41) is 44.4. The van der Waals surface area contributed by atoms with Gasteiger partial charge in [0.05, 0.1) is 6.61 Å². The smallest absolute Gasteiger partial charge is 0.227 e. The van der Waals surface area contributed by atoms with Crippen molar-refractivity contribution in [2.75, 3.05) is 6.61 Å². The highest BCUT2D eigenvalue weighted by Crippen LogP contribution is 2.42. The van der Waals surface area contributed by atoms with E-state index in [-0.39, 0.29) is 0 Å². The number of carbonyl (C=O) groups excluding carboxylic acids is 5. The molecule has 0 fully saturated rings. The molecule has 27 heavy (non-hydrogen) atoms. The molecule has 0 aromatic carbocycles. The summed E-state index contributed by atoms with van der Waals surface area (Å²) >= 11 is 0. The number of carbonyl (C=O) groups is 5. The van der Waals surface area contributed by atoms with Gasteiger partial charge in [-0.3, -0.25) is 24.0 Å². The standard InChI is InChI=1S/C14H20N4O9/c1-6(20)10(24)14(15,17-18-16)13(27,9(4)23)12(26,8(3)22)11(25,5-19)7(2)21/h19,25-27H,5,15H2,1-4H3/t11-,12+,13-,14+/m0/s1. The molecule has 0 saturated heterocycles. The topological polar surface area (TPSA) is 241 Å². The Balaban J connectivity index is 7.61. The number of azide groups is 1. The minimum Gasteiger partial charge on any atom is -0.393 e. The molecule has 150 valence electrons. The number of nitrogens with two attached hydrogens (primary N) is 1. The molecule has 6 N–H and O–H groups in total. The number of rotatable bonds is 10. The van der Waals surface area contributed by atoms with Crippen LogP contribution in [0.1, 0.15) is 27.7 Å². The van der Waals surface area contributed by atoms with Crippen LogP contribution in [0.5, 0.6) is 0 Å². The first-order valence-electron chi connectivity index (χ1n) is 7.27. The fourth-order valence-corrected chi connectivity index (χ4v) is 2.75. The van der Waals surface area contributed by atoms with Crippen LogP contribution in [0.4, 0.5) is 0 Å². The molecule has 0 spiro atoms. The fourth-order valence-electron chi connectivity index (χ4n) is 2.75. The number of nitrogens with zero attached hydrogens (tertiary/aromatic N) is 3. The van der Waals surface area contributed by atoms with Gasteiger partial charge in [-0.1, -0.05) is 5.11 Å². The number of Topliss-reactive ketones (excluding diaryl/α,β-unsaturated/α-hetero) is 5. The fraction of sp³-hybridized carbons (Fsp3) is 0.643. The first-order chi connectivity index (χ1) is 12.1. The van der Waals surface area contributed by atoms with E-state index in [1.54, 1.807) is 0 Å². The van der Waals surface area contributed by atoms with E-state index in [0.29, 0.717) is 27.7 Å². The zero-order chi connectivity index (χ0) is 22.0. The summed E-state index contributed by atoms with van der Waals surface area (Å²) in [5.74, 6) is -8.31. The van der Waals surface area contributed by atoms with Crippen molar-refractivity contribution in [3.8, 4) is 0 Å². The Morgan fingerprint density at radius 3 is 1.56 bits per heavy atom. The SMILES string of the molecule is CC(=O)C(=O)[C@@](N)(N=[N+]=[N-])[C@](O)(C(C)=O)[C@@](O)(C(C)=O)[C@](O)(CO)C(C)=O. The van der Waals surface area contributed by atoms with Gasteiger partial charge >= 0.3 is 0 Å². The Morgan fingerprint density at radius 2 is 1.33 bits per heavy atom. The van der Waals surface area contributed by atoms with Gasteiger partial charge in [-0.15, -0.1) is 0 Å². The van der Waals surface area contributed by atoms with Gasteiger partial charge in [-0.25, -0.2) is 0 Å². The summed E-state index contributed by atoms with van der Waals surface area (Å²) < 4.78 is 0. The van der Waals surface area contributed by atoms with E-state index in [1.165, 1.54) is 0 Å². The molecule has 0 heterocycles. The van der Waals surface area contributed by atoms with Crippen LogP contribution in [0, 0.1) is 0 Å². The number of hydrogen-bond donors (Lipinski definition) is 5. The molecule has 4 atom stereocenters. The molecule has 0 bridgehead atoms. The van der Waals surface area contributed by atoms with E-state index in [0.717, 1.165) is 0 Å². The van der Waals surface area contributed by atoms with Gasteiger partial charge < -0.3 is 26.2 Å². The summed E-state index contributed by atoms with van der Waals surface area (Å²) in [4.78, 5) is 62.2. The molecule has 0 aliphatic carbocycles. The Hall–Kier alpha value is -2.54. The Morgan fingerprint density at radius 1 is 0.926 bits per heavy atom.